The van der Waals surface area contributed by atoms with E-state index in [1.165, 1.54) is 11.8 Å². The van der Waals surface area contributed by atoms with E-state index in [9.17, 15) is 28.8 Å². The Kier molecular flexibility index (Phi) is 9.21. The molecule has 13 heteroatoms. The quantitative estimate of drug-likeness (QED) is 0.274. The maximum atomic E-state index is 12.9. The summed E-state index contributed by atoms with van der Waals surface area (Å²) in [7, 11) is 0. The Morgan fingerprint density at radius 2 is 1.67 bits per heavy atom. The molecule has 8 N–H and O–H groups in total. The van der Waals surface area contributed by atoms with Crippen LogP contribution in [0.1, 0.15) is 35.2 Å². The van der Waals surface area contributed by atoms with E-state index < -0.39 is 66.5 Å². The van der Waals surface area contributed by atoms with E-state index in [0.717, 1.165) is 0 Å². The van der Waals surface area contributed by atoms with Crippen molar-refractivity contribution < 1.29 is 33.9 Å². The fourth-order valence-electron chi connectivity index (χ4n) is 3.08. The van der Waals surface area contributed by atoms with Crippen LogP contribution in [-0.4, -0.2) is 64.5 Å². The van der Waals surface area contributed by atoms with Gasteiger partial charge in [0.05, 0.1) is 6.42 Å². The number of benzene rings is 1. The maximum Gasteiger partial charge on any atom is 0.303 e. The van der Waals surface area contributed by atoms with Crippen LogP contribution >= 0.6 is 11.8 Å². The minimum atomic E-state index is -1.46. The molecule has 1 aromatic rings. The van der Waals surface area contributed by atoms with E-state index >= 15 is 0 Å². The summed E-state index contributed by atoms with van der Waals surface area (Å²) in [5.74, 6) is -4.91. The molecule has 1 heterocycles. The highest BCUT2D eigenvalue weighted by Gasteiger charge is 2.31. The van der Waals surface area contributed by atoms with Gasteiger partial charge < -0.3 is 32.5 Å². The minimum Gasteiger partial charge on any atom is -0.481 e. The standard InChI is InChI=1S/C20H25N5O7S/c21-15(26)7-13-20(32)25-14(17(22)29)9-33-8-10-3-1-2-4-11(10)18(30)23-12(19(31)24-13)5-6-16(27)28/h1-4,12-14H,5-9H2,(H2,21,26)(H2,22,29)(H,23,30)(H,24,31)(H,25,32)(H,27,28)/t12-,13-,14?/m0/s1. The van der Waals surface area contributed by atoms with Crippen LogP contribution in [0.4, 0.5) is 0 Å². The molecular formula is C20H25N5O7S. The van der Waals surface area contributed by atoms with Crippen LogP contribution in [0.25, 0.3) is 0 Å². The van der Waals surface area contributed by atoms with E-state index in [0.29, 0.717) is 11.3 Å². The first-order valence-electron chi connectivity index (χ1n) is 9.95. The molecule has 5 amide bonds. The van der Waals surface area contributed by atoms with E-state index in [1.807, 2.05) is 0 Å². The van der Waals surface area contributed by atoms with Crippen molar-refractivity contribution in [3.63, 3.8) is 0 Å². The molecule has 0 saturated carbocycles. The lowest BCUT2D eigenvalue weighted by molar-refractivity contribution is -0.137. The highest BCUT2D eigenvalue weighted by atomic mass is 32.2. The summed E-state index contributed by atoms with van der Waals surface area (Å²) in [4.78, 5) is 72.7. The monoisotopic (exact) mass is 479 g/mol. The van der Waals surface area contributed by atoms with E-state index in [1.54, 1.807) is 24.3 Å². The Morgan fingerprint density at radius 1 is 1.00 bits per heavy atom. The molecular weight excluding hydrogens is 454 g/mol. The number of nitrogens with one attached hydrogen (secondary N) is 3. The number of aliphatic carboxylic acids is 1. The largest absolute Gasteiger partial charge is 0.481 e. The van der Waals surface area contributed by atoms with Gasteiger partial charge in [0.2, 0.25) is 23.6 Å². The molecule has 1 unspecified atom stereocenters. The summed E-state index contributed by atoms with van der Waals surface area (Å²) < 4.78 is 0. The van der Waals surface area contributed by atoms with Gasteiger partial charge in [-0.15, -0.1) is 0 Å². The smallest absolute Gasteiger partial charge is 0.303 e. The fraction of sp³-hybridized carbons (Fsp3) is 0.400. The number of carboxylic acids is 1. The first-order valence-corrected chi connectivity index (χ1v) is 11.1. The van der Waals surface area contributed by atoms with Crippen molar-refractivity contribution in [3.05, 3.63) is 35.4 Å². The molecule has 0 radical (unpaired) electrons. The summed E-state index contributed by atoms with van der Waals surface area (Å²) >= 11 is 1.24. The molecule has 1 aliphatic rings. The zero-order valence-corrected chi connectivity index (χ0v) is 18.4. The zero-order chi connectivity index (χ0) is 24.5. The molecule has 0 spiro atoms. The number of nitrogens with two attached hydrogens (primary N) is 2. The second kappa shape index (κ2) is 11.9. The average Bonchev–Trinajstić information content (AvgIpc) is 2.74. The zero-order valence-electron chi connectivity index (χ0n) is 17.5. The molecule has 0 aliphatic carbocycles. The Hall–Kier alpha value is -3.61. The van der Waals surface area contributed by atoms with Gasteiger partial charge in [-0.3, -0.25) is 28.8 Å². The van der Waals surface area contributed by atoms with Crippen molar-refractivity contribution in [2.45, 2.75) is 43.1 Å². The number of primary amides is 2. The Morgan fingerprint density at radius 3 is 2.30 bits per heavy atom. The number of carbonyl (C=O) groups excluding carboxylic acids is 5. The third-order valence-corrected chi connectivity index (χ3v) is 5.86. The van der Waals surface area contributed by atoms with Crippen molar-refractivity contribution >= 4 is 47.3 Å². The third-order valence-electron chi connectivity index (χ3n) is 4.77. The van der Waals surface area contributed by atoms with E-state index in [4.69, 9.17) is 16.6 Å². The number of hydrogen-bond donors (Lipinski definition) is 6. The Labute approximate surface area is 193 Å². The molecule has 0 bridgehead atoms. The van der Waals surface area contributed by atoms with Crippen LogP contribution in [0.15, 0.2) is 24.3 Å². The van der Waals surface area contributed by atoms with Crippen LogP contribution in [0.2, 0.25) is 0 Å². The van der Waals surface area contributed by atoms with Gasteiger partial charge in [-0.1, -0.05) is 18.2 Å². The molecule has 0 fully saturated rings. The van der Waals surface area contributed by atoms with Crippen LogP contribution < -0.4 is 27.4 Å². The maximum absolute atomic E-state index is 12.9. The molecule has 2 rings (SSSR count). The van der Waals surface area contributed by atoms with E-state index in [2.05, 4.69) is 16.0 Å². The van der Waals surface area contributed by atoms with Crippen molar-refractivity contribution in [2.24, 2.45) is 11.5 Å². The molecule has 0 saturated heterocycles. The van der Waals surface area contributed by atoms with Gasteiger partial charge in [-0.05, 0) is 18.1 Å². The van der Waals surface area contributed by atoms with Gasteiger partial charge in [-0.25, -0.2) is 0 Å². The van der Waals surface area contributed by atoms with Crippen LogP contribution in [-0.2, 0) is 29.7 Å². The molecule has 3 atom stereocenters. The summed E-state index contributed by atoms with van der Waals surface area (Å²) in [6.45, 7) is 0. The van der Waals surface area contributed by atoms with Gasteiger partial charge in [0.25, 0.3) is 5.91 Å². The van der Waals surface area contributed by atoms with Crippen molar-refractivity contribution in [1.82, 2.24) is 16.0 Å². The summed E-state index contributed by atoms with van der Waals surface area (Å²) in [6, 6.07) is 2.71. The van der Waals surface area contributed by atoms with Crippen LogP contribution in [0.3, 0.4) is 0 Å². The normalized spacial score (nSPS) is 22.1. The number of fused-ring (bicyclic) bond motifs is 1. The van der Waals surface area contributed by atoms with Gasteiger partial charge >= 0.3 is 5.97 Å². The number of hydrogen-bond acceptors (Lipinski definition) is 7. The summed E-state index contributed by atoms with van der Waals surface area (Å²) in [5, 5.41) is 16.2. The van der Waals surface area contributed by atoms with Crippen molar-refractivity contribution in [3.8, 4) is 0 Å². The van der Waals surface area contributed by atoms with Crippen LogP contribution in [0, 0.1) is 0 Å². The van der Waals surface area contributed by atoms with Gasteiger partial charge in [0, 0.05) is 23.5 Å². The summed E-state index contributed by atoms with van der Waals surface area (Å²) in [5.41, 5.74) is 11.4. The molecule has 0 aromatic heterocycles. The summed E-state index contributed by atoms with van der Waals surface area (Å²) in [6.07, 6.45) is -1.29. The van der Waals surface area contributed by atoms with Gasteiger partial charge in [0.1, 0.15) is 18.1 Å². The number of rotatable bonds is 6. The number of carboxylic acid groups (broad SMARTS) is 1. The second-order valence-corrected chi connectivity index (χ2v) is 8.36. The van der Waals surface area contributed by atoms with E-state index in [-0.39, 0.29) is 17.7 Å². The lowest BCUT2D eigenvalue weighted by atomic mass is 10.1. The number of carbonyl (C=O) groups is 6. The fourth-order valence-corrected chi connectivity index (χ4v) is 4.15. The Balaban J connectivity index is 2.43. The first kappa shape index (κ1) is 25.6. The first-order chi connectivity index (χ1) is 15.6. The third kappa shape index (κ3) is 7.79. The van der Waals surface area contributed by atoms with Gasteiger partial charge in [-0.2, -0.15) is 11.8 Å². The molecule has 33 heavy (non-hydrogen) atoms. The SMILES string of the molecule is NC(=O)C[C@@H]1NC(=O)[C@H](CCC(=O)O)NC(=O)c2ccccc2CSCC(C(N)=O)NC1=O. The van der Waals surface area contributed by atoms with Crippen molar-refractivity contribution in [2.75, 3.05) is 5.75 Å². The Bertz CT molecular complexity index is 954. The lowest BCUT2D eigenvalue weighted by Gasteiger charge is -2.25. The highest BCUT2D eigenvalue weighted by molar-refractivity contribution is 7.98. The minimum absolute atomic E-state index is 0.0789. The molecule has 178 valence electrons. The average molecular weight is 480 g/mol. The molecule has 12 nitrogen and oxygen atoms in total. The van der Waals surface area contributed by atoms with Gasteiger partial charge in [0.15, 0.2) is 0 Å². The molecule has 1 aliphatic heterocycles. The lowest BCUT2D eigenvalue weighted by Crippen LogP contribution is -2.57. The predicted octanol–water partition coefficient (Wildman–Crippen LogP) is -1.77. The highest BCUT2D eigenvalue weighted by Crippen LogP contribution is 2.18. The second-order valence-electron chi connectivity index (χ2n) is 7.33. The molecule has 1 aromatic carbocycles. The number of amides is 5. The predicted molar refractivity (Wildman–Crippen MR) is 118 cm³/mol. The number of thioether (sulfide) groups is 1. The van der Waals surface area contributed by atoms with Crippen molar-refractivity contribution in [1.29, 1.82) is 0 Å². The van der Waals surface area contributed by atoms with Crippen LogP contribution in [0.5, 0.6) is 0 Å². The topological polar surface area (TPSA) is 211 Å².